The molecule has 0 atom stereocenters. The van der Waals surface area contributed by atoms with E-state index in [0.717, 1.165) is 25.7 Å². The summed E-state index contributed by atoms with van der Waals surface area (Å²) in [6, 6.07) is 2.12. The molecule has 0 aromatic rings. The van der Waals surface area contributed by atoms with Crippen LogP contribution in [0.15, 0.2) is 0 Å². The quantitative estimate of drug-likeness (QED) is 0.742. The fourth-order valence-electron chi connectivity index (χ4n) is 2.68. The highest BCUT2D eigenvalue weighted by atomic mass is 16.5. The second-order valence-corrected chi connectivity index (χ2v) is 5.27. The highest BCUT2D eigenvalue weighted by Gasteiger charge is 2.24. The molecule has 1 saturated carbocycles. The van der Waals surface area contributed by atoms with Gasteiger partial charge >= 0.3 is 0 Å². The van der Waals surface area contributed by atoms with Crippen molar-refractivity contribution >= 4 is 5.91 Å². The molecule has 0 N–H and O–H groups in total. The zero-order valence-corrected chi connectivity index (χ0v) is 12.1. The molecule has 1 aliphatic rings. The summed E-state index contributed by atoms with van der Waals surface area (Å²) < 4.78 is 5.06. The summed E-state index contributed by atoms with van der Waals surface area (Å²) in [5.74, 6) is 0.394. The van der Waals surface area contributed by atoms with E-state index in [9.17, 15) is 4.79 Å². The fraction of sp³-hybridized carbons (Fsp3) is 0.867. The molecule has 0 unspecified atom stereocenters. The maximum absolute atomic E-state index is 12.5. The van der Waals surface area contributed by atoms with Gasteiger partial charge in [-0.25, -0.2) is 0 Å². The van der Waals surface area contributed by atoms with Crippen LogP contribution >= 0.6 is 0 Å². The lowest BCUT2D eigenvalue weighted by atomic mass is 9.90. The Morgan fingerprint density at radius 2 is 1.84 bits per heavy atom. The second kappa shape index (κ2) is 9.80. The van der Waals surface area contributed by atoms with Crippen LogP contribution in [0.5, 0.6) is 0 Å². The van der Waals surface area contributed by atoms with E-state index in [1.165, 1.54) is 19.3 Å². The summed E-state index contributed by atoms with van der Waals surface area (Å²) in [5, 5.41) is 8.70. The maximum atomic E-state index is 12.5. The molecule has 1 fully saturated rings. The van der Waals surface area contributed by atoms with Crippen LogP contribution in [0.1, 0.15) is 51.4 Å². The molecule has 0 aromatic heterocycles. The first-order chi connectivity index (χ1) is 9.29. The summed E-state index contributed by atoms with van der Waals surface area (Å²) in [6.07, 6.45) is 8.55. The van der Waals surface area contributed by atoms with Crippen molar-refractivity contribution in [2.75, 3.05) is 26.8 Å². The van der Waals surface area contributed by atoms with Crippen molar-refractivity contribution in [2.45, 2.75) is 51.4 Å². The van der Waals surface area contributed by atoms with Crippen molar-refractivity contribution < 1.29 is 9.53 Å². The Hall–Kier alpha value is -1.08. The van der Waals surface area contributed by atoms with E-state index in [1.54, 1.807) is 7.11 Å². The number of amides is 1. The molecule has 1 aliphatic carbocycles. The molecule has 1 amide bonds. The van der Waals surface area contributed by atoms with Crippen molar-refractivity contribution in [3.63, 3.8) is 0 Å². The Morgan fingerprint density at radius 1 is 1.21 bits per heavy atom. The molecule has 4 heteroatoms. The molecular formula is C15H26N2O2. The van der Waals surface area contributed by atoms with E-state index < -0.39 is 0 Å². The Morgan fingerprint density at radius 3 is 2.42 bits per heavy atom. The number of methoxy groups -OCH3 is 1. The minimum absolute atomic E-state index is 0.163. The molecule has 0 saturated heterocycles. The zero-order chi connectivity index (χ0) is 13.9. The lowest BCUT2D eigenvalue weighted by molar-refractivity contribution is -0.136. The molecule has 4 nitrogen and oxygen atoms in total. The molecule has 0 heterocycles. The van der Waals surface area contributed by atoms with Gasteiger partial charge in [-0.1, -0.05) is 32.1 Å². The monoisotopic (exact) mass is 266 g/mol. The predicted molar refractivity (Wildman–Crippen MR) is 74.5 cm³/mol. The molecule has 0 bridgehead atoms. The van der Waals surface area contributed by atoms with Gasteiger partial charge in [-0.3, -0.25) is 4.79 Å². The number of hydrogen-bond acceptors (Lipinski definition) is 3. The van der Waals surface area contributed by atoms with E-state index in [0.29, 0.717) is 26.1 Å². The Balaban J connectivity index is 2.53. The number of hydrogen-bond donors (Lipinski definition) is 0. The van der Waals surface area contributed by atoms with Crippen LogP contribution in [0.4, 0.5) is 0 Å². The summed E-state index contributed by atoms with van der Waals surface area (Å²) in [6.45, 7) is 1.69. The molecule has 0 aliphatic heterocycles. The number of ether oxygens (including phenoxy) is 1. The third-order valence-corrected chi connectivity index (χ3v) is 3.82. The molecule has 1 rings (SSSR count). The average Bonchev–Trinajstić information content (AvgIpc) is 2.38. The summed E-state index contributed by atoms with van der Waals surface area (Å²) in [5.41, 5.74) is 0. The largest absolute Gasteiger partial charge is 0.383 e. The molecule has 0 spiro atoms. The number of carbonyl (C=O) groups excluding carboxylic acids is 1. The van der Waals surface area contributed by atoms with Crippen molar-refractivity contribution in [3.8, 4) is 6.07 Å². The van der Waals surface area contributed by atoms with Gasteiger partial charge in [0.2, 0.25) is 5.91 Å². The van der Waals surface area contributed by atoms with E-state index in [-0.39, 0.29) is 11.8 Å². The SMILES string of the molecule is COCCN(CCC#N)C(=O)C1CCCCCCC1. The summed E-state index contributed by atoms with van der Waals surface area (Å²) in [7, 11) is 1.64. The molecule has 0 radical (unpaired) electrons. The number of carbonyl (C=O) groups is 1. The third-order valence-electron chi connectivity index (χ3n) is 3.82. The normalized spacial score (nSPS) is 17.3. The lowest BCUT2D eigenvalue weighted by Crippen LogP contribution is -2.39. The van der Waals surface area contributed by atoms with Gasteiger partial charge in [0.1, 0.15) is 0 Å². The first-order valence-electron chi connectivity index (χ1n) is 7.44. The predicted octanol–water partition coefficient (Wildman–Crippen LogP) is 2.74. The van der Waals surface area contributed by atoms with Crippen molar-refractivity contribution in [1.82, 2.24) is 4.90 Å². The molecule has 108 valence electrons. The van der Waals surface area contributed by atoms with Gasteiger partial charge in [0.25, 0.3) is 0 Å². The van der Waals surface area contributed by atoms with Crippen molar-refractivity contribution in [3.05, 3.63) is 0 Å². The number of rotatable bonds is 6. The second-order valence-electron chi connectivity index (χ2n) is 5.27. The van der Waals surface area contributed by atoms with Crippen LogP contribution < -0.4 is 0 Å². The first kappa shape index (κ1) is 16.0. The minimum Gasteiger partial charge on any atom is -0.383 e. The standard InChI is InChI=1S/C15H26N2O2/c1-19-13-12-17(11-7-10-16)15(18)14-8-5-3-2-4-6-9-14/h14H,2-9,11-13H2,1H3. The van der Waals surface area contributed by atoms with Crippen LogP contribution in [0, 0.1) is 17.2 Å². The lowest BCUT2D eigenvalue weighted by Gasteiger charge is -2.27. The summed E-state index contributed by atoms with van der Waals surface area (Å²) in [4.78, 5) is 14.4. The Labute approximate surface area is 116 Å². The highest BCUT2D eigenvalue weighted by Crippen LogP contribution is 2.24. The molecular weight excluding hydrogens is 240 g/mol. The Bertz CT molecular complexity index is 291. The van der Waals surface area contributed by atoms with Crippen LogP contribution in [-0.4, -0.2) is 37.6 Å². The van der Waals surface area contributed by atoms with Gasteiger partial charge in [0.05, 0.1) is 19.1 Å². The van der Waals surface area contributed by atoms with Gasteiger partial charge < -0.3 is 9.64 Å². The van der Waals surface area contributed by atoms with Crippen molar-refractivity contribution in [2.24, 2.45) is 5.92 Å². The van der Waals surface area contributed by atoms with Crippen LogP contribution in [0.2, 0.25) is 0 Å². The zero-order valence-electron chi connectivity index (χ0n) is 12.1. The van der Waals surface area contributed by atoms with E-state index in [1.807, 2.05) is 4.90 Å². The minimum atomic E-state index is 0.163. The van der Waals surface area contributed by atoms with Crippen molar-refractivity contribution in [1.29, 1.82) is 5.26 Å². The fourth-order valence-corrected chi connectivity index (χ4v) is 2.68. The number of nitriles is 1. The highest BCUT2D eigenvalue weighted by molar-refractivity contribution is 5.78. The smallest absolute Gasteiger partial charge is 0.225 e. The third kappa shape index (κ3) is 6.07. The molecule has 0 aromatic carbocycles. The van der Waals surface area contributed by atoms with Crippen LogP contribution in [0.3, 0.4) is 0 Å². The van der Waals surface area contributed by atoms with E-state index >= 15 is 0 Å². The molecule has 19 heavy (non-hydrogen) atoms. The summed E-state index contributed by atoms with van der Waals surface area (Å²) >= 11 is 0. The Kier molecular flexibility index (Phi) is 8.24. The van der Waals surface area contributed by atoms with Crippen LogP contribution in [0.25, 0.3) is 0 Å². The van der Waals surface area contributed by atoms with E-state index in [2.05, 4.69) is 6.07 Å². The van der Waals surface area contributed by atoms with E-state index in [4.69, 9.17) is 10.00 Å². The van der Waals surface area contributed by atoms with Gasteiger partial charge in [-0.15, -0.1) is 0 Å². The maximum Gasteiger partial charge on any atom is 0.225 e. The first-order valence-corrected chi connectivity index (χ1v) is 7.44. The average molecular weight is 266 g/mol. The van der Waals surface area contributed by atoms with Crippen LogP contribution in [-0.2, 0) is 9.53 Å². The van der Waals surface area contributed by atoms with Gasteiger partial charge in [-0.05, 0) is 12.8 Å². The van der Waals surface area contributed by atoms with Gasteiger partial charge in [0.15, 0.2) is 0 Å². The number of nitrogens with zero attached hydrogens (tertiary/aromatic N) is 2. The van der Waals surface area contributed by atoms with Gasteiger partial charge in [0, 0.05) is 26.1 Å². The van der Waals surface area contributed by atoms with Gasteiger partial charge in [-0.2, -0.15) is 5.26 Å². The topological polar surface area (TPSA) is 53.3 Å².